The molecular weight excluding hydrogens is 363 g/mol. The minimum Gasteiger partial charge on any atom is -0.207 e. The molecular formula is C19H22F3NO2S. The van der Waals surface area contributed by atoms with Crippen LogP contribution in [0, 0.1) is 0 Å². The SMILES string of the molecule is CCCCCc1ccc(S(=O)(=O)NCc2ccc(C(F)(F)F)cc2)cc1. The molecule has 0 spiro atoms. The number of rotatable bonds is 8. The van der Waals surface area contributed by atoms with Crippen molar-refractivity contribution in [2.75, 3.05) is 0 Å². The standard InChI is InChI=1S/C19H22F3NO2S/c1-2-3-4-5-15-8-12-18(13-9-15)26(24,25)23-14-16-6-10-17(11-7-16)19(20,21)22/h6-13,23H,2-5,14H2,1H3. The van der Waals surface area contributed by atoms with Gasteiger partial charge in [0.1, 0.15) is 0 Å². The van der Waals surface area contributed by atoms with Crippen molar-refractivity contribution < 1.29 is 21.6 Å². The zero-order valence-corrected chi connectivity index (χ0v) is 15.3. The summed E-state index contributed by atoms with van der Waals surface area (Å²) < 4.78 is 64.6. The molecule has 0 bridgehead atoms. The zero-order chi connectivity index (χ0) is 19.2. The van der Waals surface area contributed by atoms with Gasteiger partial charge >= 0.3 is 6.18 Å². The number of alkyl halides is 3. The molecule has 1 N–H and O–H groups in total. The molecule has 2 rings (SSSR count). The number of unbranched alkanes of at least 4 members (excludes halogenated alkanes) is 2. The van der Waals surface area contributed by atoms with Gasteiger partial charge in [-0.2, -0.15) is 13.2 Å². The second-order valence-electron chi connectivity index (χ2n) is 6.12. The third-order valence-electron chi connectivity index (χ3n) is 4.05. The van der Waals surface area contributed by atoms with E-state index in [2.05, 4.69) is 11.6 Å². The molecule has 0 saturated heterocycles. The molecule has 3 nitrogen and oxygen atoms in total. The van der Waals surface area contributed by atoms with Gasteiger partial charge in [-0.1, -0.05) is 44.0 Å². The first kappa shape index (κ1) is 20.5. The highest BCUT2D eigenvalue weighted by atomic mass is 32.2. The van der Waals surface area contributed by atoms with E-state index in [0.29, 0.717) is 5.56 Å². The van der Waals surface area contributed by atoms with Crippen molar-refractivity contribution in [3.63, 3.8) is 0 Å². The Morgan fingerprint density at radius 1 is 0.885 bits per heavy atom. The summed E-state index contributed by atoms with van der Waals surface area (Å²) in [6.07, 6.45) is -0.173. The van der Waals surface area contributed by atoms with Gasteiger partial charge in [0.05, 0.1) is 10.5 Å². The first-order valence-electron chi connectivity index (χ1n) is 8.47. The Bertz CT molecular complexity index is 798. The lowest BCUT2D eigenvalue weighted by molar-refractivity contribution is -0.137. The van der Waals surface area contributed by atoms with Crippen LogP contribution >= 0.6 is 0 Å². The van der Waals surface area contributed by atoms with Crippen LogP contribution in [0.4, 0.5) is 13.2 Å². The Kier molecular flexibility index (Phi) is 6.83. The van der Waals surface area contributed by atoms with Gasteiger partial charge in [-0.25, -0.2) is 13.1 Å². The molecule has 0 amide bonds. The van der Waals surface area contributed by atoms with Crippen molar-refractivity contribution in [3.05, 3.63) is 65.2 Å². The fourth-order valence-corrected chi connectivity index (χ4v) is 3.51. The summed E-state index contributed by atoms with van der Waals surface area (Å²) in [6, 6.07) is 11.1. The molecule has 0 saturated carbocycles. The third kappa shape index (κ3) is 5.85. The molecule has 142 valence electrons. The van der Waals surface area contributed by atoms with E-state index in [-0.39, 0.29) is 11.4 Å². The summed E-state index contributed by atoms with van der Waals surface area (Å²) in [6.45, 7) is 2.05. The van der Waals surface area contributed by atoms with Gasteiger partial charge in [-0.3, -0.25) is 0 Å². The molecule has 0 fully saturated rings. The Labute approximate surface area is 152 Å². The van der Waals surface area contributed by atoms with Gasteiger partial charge in [0, 0.05) is 6.54 Å². The number of halogens is 3. The first-order valence-corrected chi connectivity index (χ1v) is 9.95. The van der Waals surface area contributed by atoms with E-state index in [1.807, 2.05) is 0 Å². The number of hydrogen-bond acceptors (Lipinski definition) is 2. The van der Waals surface area contributed by atoms with Crippen molar-refractivity contribution >= 4 is 10.0 Å². The van der Waals surface area contributed by atoms with E-state index in [4.69, 9.17) is 0 Å². The van der Waals surface area contributed by atoms with E-state index in [0.717, 1.165) is 43.4 Å². The monoisotopic (exact) mass is 385 g/mol. The molecule has 0 unspecified atom stereocenters. The quantitative estimate of drug-likeness (QED) is 0.656. The number of hydrogen-bond donors (Lipinski definition) is 1. The highest BCUT2D eigenvalue weighted by Crippen LogP contribution is 2.29. The average Bonchev–Trinajstić information content (AvgIpc) is 2.60. The highest BCUT2D eigenvalue weighted by Gasteiger charge is 2.29. The van der Waals surface area contributed by atoms with Crippen molar-refractivity contribution in [1.82, 2.24) is 4.72 Å². The second-order valence-corrected chi connectivity index (χ2v) is 7.89. The molecule has 0 aromatic heterocycles. The van der Waals surface area contributed by atoms with Crippen molar-refractivity contribution in [2.45, 2.75) is 50.2 Å². The van der Waals surface area contributed by atoms with Crippen LogP contribution in [0.25, 0.3) is 0 Å². The molecule has 2 aromatic carbocycles. The summed E-state index contributed by atoms with van der Waals surface area (Å²) in [5.41, 5.74) is 0.778. The Morgan fingerprint density at radius 3 is 2.00 bits per heavy atom. The van der Waals surface area contributed by atoms with Gasteiger partial charge in [0.2, 0.25) is 10.0 Å². The number of nitrogens with one attached hydrogen (secondary N) is 1. The Hall–Kier alpha value is -1.86. The van der Waals surface area contributed by atoms with Crippen LogP contribution in [0.3, 0.4) is 0 Å². The van der Waals surface area contributed by atoms with E-state index in [1.165, 1.54) is 12.1 Å². The maximum absolute atomic E-state index is 12.5. The summed E-state index contributed by atoms with van der Waals surface area (Å²) in [4.78, 5) is 0.142. The van der Waals surface area contributed by atoms with Gasteiger partial charge in [-0.05, 0) is 48.2 Å². The van der Waals surface area contributed by atoms with Crippen LogP contribution < -0.4 is 4.72 Å². The second kappa shape index (κ2) is 8.68. The summed E-state index contributed by atoms with van der Waals surface area (Å²) in [5, 5.41) is 0. The van der Waals surface area contributed by atoms with E-state index < -0.39 is 21.8 Å². The topological polar surface area (TPSA) is 46.2 Å². The van der Waals surface area contributed by atoms with Crippen LogP contribution in [0.1, 0.15) is 42.9 Å². The molecule has 0 radical (unpaired) electrons. The minimum atomic E-state index is -4.41. The summed E-state index contributed by atoms with van der Waals surface area (Å²) in [7, 11) is -3.71. The lowest BCUT2D eigenvalue weighted by Crippen LogP contribution is -2.23. The molecule has 0 aliphatic rings. The Morgan fingerprint density at radius 2 is 1.46 bits per heavy atom. The molecule has 7 heteroatoms. The van der Waals surface area contributed by atoms with Gasteiger partial charge < -0.3 is 0 Å². The minimum absolute atomic E-state index is 0.0707. The lowest BCUT2D eigenvalue weighted by Gasteiger charge is -2.10. The van der Waals surface area contributed by atoms with E-state index in [9.17, 15) is 21.6 Å². The first-order chi connectivity index (χ1) is 12.2. The van der Waals surface area contributed by atoms with Gasteiger partial charge in [-0.15, -0.1) is 0 Å². The smallest absolute Gasteiger partial charge is 0.207 e. The highest BCUT2D eigenvalue weighted by molar-refractivity contribution is 7.89. The predicted molar refractivity (Wildman–Crippen MR) is 95.1 cm³/mol. The summed E-state index contributed by atoms with van der Waals surface area (Å²) >= 11 is 0. The van der Waals surface area contributed by atoms with Gasteiger partial charge in [0.15, 0.2) is 0 Å². The number of aryl methyl sites for hydroxylation is 1. The maximum atomic E-state index is 12.5. The molecule has 0 aliphatic heterocycles. The molecule has 0 aliphatic carbocycles. The van der Waals surface area contributed by atoms with Crippen LogP contribution in [-0.2, 0) is 29.2 Å². The van der Waals surface area contributed by atoms with Gasteiger partial charge in [0.25, 0.3) is 0 Å². The molecule has 0 atom stereocenters. The molecule has 2 aromatic rings. The molecule has 26 heavy (non-hydrogen) atoms. The average molecular weight is 385 g/mol. The predicted octanol–water partition coefficient (Wildman–Crippen LogP) is 4.92. The summed E-state index contributed by atoms with van der Waals surface area (Å²) in [5.74, 6) is 0. The van der Waals surface area contributed by atoms with Crippen LogP contribution in [0.5, 0.6) is 0 Å². The van der Waals surface area contributed by atoms with Crippen LogP contribution in [-0.4, -0.2) is 8.42 Å². The number of benzene rings is 2. The van der Waals surface area contributed by atoms with Crippen molar-refractivity contribution in [2.24, 2.45) is 0 Å². The van der Waals surface area contributed by atoms with Crippen LogP contribution in [0.15, 0.2) is 53.4 Å². The van der Waals surface area contributed by atoms with E-state index >= 15 is 0 Å². The van der Waals surface area contributed by atoms with Crippen molar-refractivity contribution in [3.8, 4) is 0 Å². The fraction of sp³-hybridized carbons (Fsp3) is 0.368. The zero-order valence-electron chi connectivity index (χ0n) is 14.5. The Balaban J connectivity index is 1.98. The fourth-order valence-electron chi connectivity index (χ4n) is 2.49. The maximum Gasteiger partial charge on any atom is 0.416 e. The van der Waals surface area contributed by atoms with Crippen molar-refractivity contribution in [1.29, 1.82) is 0 Å². The normalized spacial score (nSPS) is 12.3. The molecule has 0 heterocycles. The van der Waals surface area contributed by atoms with E-state index in [1.54, 1.807) is 24.3 Å². The third-order valence-corrected chi connectivity index (χ3v) is 5.47. The lowest BCUT2D eigenvalue weighted by atomic mass is 10.1. The largest absolute Gasteiger partial charge is 0.416 e. The van der Waals surface area contributed by atoms with Crippen LogP contribution in [0.2, 0.25) is 0 Å². The number of sulfonamides is 1.